The van der Waals surface area contributed by atoms with Gasteiger partial charge in [0, 0.05) is 27.8 Å². The number of nitrogens with zero attached hydrogens (tertiary/aromatic N) is 1. The van der Waals surface area contributed by atoms with E-state index in [-0.39, 0.29) is 0 Å². The summed E-state index contributed by atoms with van der Waals surface area (Å²) in [5.74, 6) is 0. The Hall–Kier alpha value is -6.64. The molecular formula is C48H33NO. The smallest absolute Gasteiger partial charge is 0.135 e. The number of hydrogen-bond acceptors (Lipinski definition) is 2. The maximum absolute atomic E-state index is 6.19. The van der Waals surface area contributed by atoms with Gasteiger partial charge in [0.15, 0.2) is 0 Å². The van der Waals surface area contributed by atoms with Crippen LogP contribution in [0, 0.1) is 0 Å². The Kier molecular flexibility index (Phi) is 7.53. The maximum atomic E-state index is 6.19. The summed E-state index contributed by atoms with van der Waals surface area (Å²) in [6.07, 6.45) is 0. The zero-order valence-corrected chi connectivity index (χ0v) is 27.4. The SMILES string of the molecule is c1ccc(-c2ccc(N(c3ccc(-c4ccc(-c5ccccc5)c(-c5ccccc5)c4)cc3)c3ccc4oc5ccccc5c4c3)cc2)cc1. The molecule has 0 aliphatic carbocycles. The van der Waals surface area contributed by atoms with Gasteiger partial charge < -0.3 is 9.32 Å². The predicted molar refractivity (Wildman–Crippen MR) is 210 cm³/mol. The molecule has 2 heteroatoms. The fourth-order valence-electron chi connectivity index (χ4n) is 6.99. The molecule has 50 heavy (non-hydrogen) atoms. The Balaban J connectivity index is 1.13. The van der Waals surface area contributed by atoms with Crippen LogP contribution in [0.5, 0.6) is 0 Å². The summed E-state index contributed by atoms with van der Waals surface area (Å²) in [5, 5.41) is 2.22. The summed E-state index contributed by atoms with van der Waals surface area (Å²) in [7, 11) is 0. The Labute approximate surface area is 292 Å². The number of benzene rings is 8. The van der Waals surface area contributed by atoms with E-state index >= 15 is 0 Å². The van der Waals surface area contributed by atoms with Crippen LogP contribution >= 0.6 is 0 Å². The Morgan fingerprint density at radius 3 is 1.38 bits per heavy atom. The van der Waals surface area contributed by atoms with Crippen LogP contribution in [0.3, 0.4) is 0 Å². The second-order valence-electron chi connectivity index (χ2n) is 12.6. The second kappa shape index (κ2) is 12.8. The van der Waals surface area contributed by atoms with Gasteiger partial charge in [0.05, 0.1) is 0 Å². The summed E-state index contributed by atoms with van der Waals surface area (Å²) in [5.41, 5.74) is 14.6. The van der Waals surface area contributed by atoms with Crippen LogP contribution in [-0.4, -0.2) is 0 Å². The summed E-state index contributed by atoms with van der Waals surface area (Å²) in [6.45, 7) is 0. The highest BCUT2D eigenvalue weighted by molar-refractivity contribution is 6.06. The number of rotatable bonds is 7. The fraction of sp³-hybridized carbons (Fsp3) is 0. The van der Waals surface area contributed by atoms with Gasteiger partial charge in [-0.05, 0) is 99.1 Å². The Morgan fingerprint density at radius 1 is 0.280 bits per heavy atom. The molecule has 0 unspecified atom stereocenters. The van der Waals surface area contributed by atoms with E-state index in [9.17, 15) is 0 Å². The molecule has 0 radical (unpaired) electrons. The second-order valence-corrected chi connectivity index (χ2v) is 12.6. The highest BCUT2D eigenvalue weighted by Crippen LogP contribution is 2.41. The lowest BCUT2D eigenvalue weighted by atomic mass is 9.91. The van der Waals surface area contributed by atoms with Crippen LogP contribution in [0.1, 0.15) is 0 Å². The molecule has 9 rings (SSSR count). The molecule has 236 valence electrons. The van der Waals surface area contributed by atoms with E-state index in [1.807, 2.05) is 12.1 Å². The molecule has 0 fully saturated rings. The van der Waals surface area contributed by atoms with Gasteiger partial charge in [-0.2, -0.15) is 0 Å². The Morgan fingerprint density at radius 2 is 0.740 bits per heavy atom. The average Bonchev–Trinajstić information content (AvgIpc) is 3.57. The van der Waals surface area contributed by atoms with Crippen molar-refractivity contribution in [3.63, 3.8) is 0 Å². The van der Waals surface area contributed by atoms with Crippen LogP contribution in [0.2, 0.25) is 0 Å². The zero-order chi connectivity index (χ0) is 33.3. The van der Waals surface area contributed by atoms with Crippen molar-refractivity contribution in [3.05, 3.63) is 200 Å². The van der Waals surface area contributed by atoms with E-state index in [4.69, 9.17) is 4.42 Å². The molecule has 9 aromatic rings. The van der Waals surface area contributed by atoms with Gasteiger partial charge in [0.1, 0.15) is 11.2 Å². The summed E-state index contributed by atoms with van der Waals surface area (Å²) >= 11 is 0. The highest BCUT2D eigenvalue weighted by atomic mass is 16.3. The first-order chi connectivity index (χ1) is 24.8. The fourth-order valence-corrected chi connectivity index (χ4v) is 6.99. The van der Waals surface area contributed by atoms with E-state index in [2.05, 4.69) is 193 Å². The monoisotopic (exact) mass is 639 g/mol. The third kappa shape index (κ3) is 5.53. The third-order valence-electron chi connectivity index (χ3n) is 9.50. The van der Waals surface area contributed by atoms with Crippen molar-refractivity contribution in [2.45, 2.75) is 0 Å². The molecule has 0 amide bonds. The number of para-hydroxylation sites is 1. The molecule has 2 nitrogen and oxygen atoms in total. The van der Waals surface area contributed by atoms with Gasteiger partial charge in [-0.1, -0.05) is 146 Å². The van der Waals surface area contributed by atoms with Gasteiger partial charge in [-0.3, -0.25) is 0 Å². The molecule has 0 aliphatic heterocycles. The first-order valence-electron chi connectivity index (χ1n) is 17.0. The van der Waals surface area contributed by atoms with Crippen molar-refractivity contribution >= 4 is 39.0 Å². The van der Waals surface area contributed by atoms with Crippen LogP contribution in [-0.2, 0) is 0 Å². The van der Waals surface area contributed by atoms with Crippen LogP contribution in [0.4, 0.5) is 17.1 Å². The van der Waals surface area contributed by atoms with E-state index in [1.54, 1.807) is 0 Å². The minimum Gasteiger partial charge on any atom is -0.456 e. The number of furan rings is 1. The van der Waals surface area contributed by atoms with Crippen LogP contribution in [0.25, 0.3) is 66.4 Å². The number of fused-ring (bicyclic) bond motifs is 3. The van der Waals surface area contributed by atoms with Gasteiger partial charge in [0.25, 0.3) is 0 Å². The predicted octanol–water partition coefficient (Wildman–Crippen LogP) is 13.7. The van der Waals surface area contributed by atoms with Crippen molar-refractivity contribution in [2.75, 3.05) is 4.90 Å². The molecule has 0 atom stereocenters. The largest absolute Gasteiger partial charge is 0.456 e. The molecule has 0 bridgehead atoms. The number of anilines is 3. The first-order valence-corrected chi connectivity index (χ1v) is 17.0. The lowest BCUT2D eigenvalue weighted by Crippen LogP contribution is -2.09. The van der Waals surface area contributed by atoms with Crippen molar-refractivity contribution in [3.8, 4) is 44.5 Å². The molecule has 1 heterocycles. The van der Waals surface area contributed by atoms with E-state index < -0.39 is 0 Å². The quantitative estimate of drug-likeness (QED) is 0.173. The average molecular weight is 640 g/mol. The molecule has 0 spiro atoms. The normalized spacial score (nSPS) is 11.2. The van der Waals surface area contributed by atoms with Gasteiger partial charge >= 0.3 is 0 Å². The maximum Gasteiger partial charge on any atom is 0.135 e. The molecule has 0 N–H and O–H groups in total. The molecule has 0 aliphatic rings. The minimum atomic E-state index is 0.887. The zero-order valence-electron chi connectivity index (χ0n) is 27.4. The lowest BCUT2D eigenvalue weighted by molar-refractivity contribution is 0.669. The molecule has 1 aromatic heterocycles. The molecule has 8 aromatic carbocycles. The van der Waals surface area contributed by atoms with Crippen molar-refractivity contribution in [2.24, 2.45) is 0 Å². The van der Waals surface area contributed by atoms with Crippen LogP contribution < -0.4 is 4.90 Å². The van der Waals surface area contributed by atoms with Crippen LogP contribution in [0.15, 0.2) is 205 Å². The lowest BCUT2D eigenvalue weighted by Gasteiger charge is -2.26. The van der Waals surface area contributed by atoms with Crippen molar-refractivity contribution in [1.82, 2.24) is 0 Å². The summed E-state index contributed by atoms with van der Waals surface area (Å²) < 4.78 is 6.19. The van der Waals surface area contributed by atoms with E-state index in [1.165, 1.54) is 44.5 Å². The summed E-state index contributed by atoms with van der Waals surface area (Å²) in [4.78, 5) is 2.33. The van der Waals surface area contributed by atoms with Crippen molar-refractivity contribution in [1.29, 1.82) is 0 Å². The van der Waals surface area contributed by atoms with E-state index in [0.717, 1.165) is 39.0 Å². The Bertz CT molecular complexity index is 2550. The number of hydrogen-bond donors (Lipinski definition) is 0. The minimum absolute atomic E-state index is 0.887. The molecular weight excluding hydrogens is 607 g/mol. The highest BCUT2D eigenvalue weighted by Gasteiger charge is 2.17. The third-order valence-corrected chi connectivity index (χ3v) is 9.50. The molecule has 0 saturated carbocycles. The summed E-state index contributed by atoms with van der Waals surface area (Å²) in [6, 6.07) is 71.1. The topological polar surface area (TPSA) is 16.4 Å². The van der Waals surface area contributed by atoms with Crippen molar-refractivity contribution < 1.29 is 4.42 Å². The molecule has 0 saturated heterocycles. The standard InChI is InChI=1S/C48H33NO/c1-4-12-34(13-5-1)35-20-25-40(26-21-35)49(42-29-31-48-46(33-42)44-18-10-11-19-47(44)50-48)41-27-22-36(23-28-41)39-24-30-43(37-14-6-2-7-15-37)45(32-39)38-16-8-3-9-17-38/h1-33H. The van der Waals surface area contributed by atoms with Gasteiger partial charge in [-0.25, -0.2) is 0 Å². The first kappa shape index (κ1) is 29.5. The van der Waals surface area contributed by atoms with E-state index in [0.29, 0.717) is 0 Å². The van der Waals surface area contributed by atoms with Gasteiger partial charge in [-0.15, -0.1) is 0 Å². The van der Waals surface area contributed by atoms with Gasteiger partial charge in [0.2, 0.25) is 0 Å².